The molecule has 2 aliphatic heterocycles. The highest BCUT2D eigenvalue weighted by atomic mass is 15.5. The molecule has 0 unspecified atom stereocenters. The van der Waals surface area contributed by atoms with E-state index in [0.717, 1.165) is 48.2 Å². The molecule has 0 amide bonds. The molecule has 0 spiro atoms. The van der Waals surface area contributed by atoms with Crippen LogP contribution in [0.3, 0.4) is 0 Å². The van der Waals surface area contributed by atoms with E-state index in [9.17, 15) is 0 Å². The van der Waals surface area contributed by atoms with Crippen molar-refractivity contribution in [2.24, 2.45) is 40.0 Å². The maximum Gasteiger partial charge on any atom is 0.197 e. The number of hydrogen-bond donors (Lipinski definition) is 0. The lowest BCUT2D eigenvalue weighted by atomic mass is 9.49. The predicted octanol–water partition coefficient (Wildman–Crippen LogP) is 6.87. The topological polar surface area (TPSA) is 18.8 Å². The Labute approximate surface area is 203 Å². The predicted molar refractivity (Wildman–Crippen MR) is 136 cm³/mol. The van der Waals surface area contributed by atoms with Crippen LogP contribution in [0.4, 0.5) is 0 Å². The fourth-order valence-corrected chi connectivity index (χ4v) is 10.6. The summed E-state index contributed by atoms with van der Waals surface area (Å²) in [5.74, 6) is 6.62. The zero-order valence-electron chi connectivity index (χ0n) is 21.2. The van der Waals surface area contributed by atoms with Crippen molar-refractivity contribution in [3.05, 3.63) is 0 Å². The molecule has 1 saturated heterocycles. The van der Waals surface area contributed by atoms with Crippen LogP contribution in [0, 0.1) is 35.0 Å². The van der Waals surface area contributed by atoms with Gasteiger partial charge in [0.25, 0.3) is 0 Å². The van der Waals surface area contributed by atoms with Crippen molar-refractivity contribution in [2.75, 3.05) is 19.6 Å². The minimum absolute atomic E-state index is 0.708. The maximum absolute atomic E-state index is 5.31. The molecule has 3 heteroatoms. The molecule has 0 aromatic carbocycles. The maximum atomic E-state index is 5.31. The summed E-state index contributed by atoms with van der Waals surface area (Å²) in [4.78, 5) is 11.1. The van der Waals surface area contributed by atoms with Gasteiger partial charge in [-0.3, -0.25) is 4.99 Å². The zero-order valence-corrected chi connectivity index (χ0v) is 21.2. The van der Waals surface area contributed by atoms with E-state index in [1.807, 2.05) is 0 Å². The third kappa shape index (κ3) is 4.06. The molecule has 8 aliphatic rings. The first-order chi connectivity index (χ1) is 16.2. The van der Waals surface area contributed by atoms with Crippen molar-refractivity contribution in [1.82, 2.24) is 9.80 Å². The highest BCUT2D eigenvalue weighted by molar-refractivity contribution is 5.84. The second kappa shape index (κ2) is 8.74. The van der Waals surface area contributed by atoms with Gasteiger partial charge in [0, 0.05) is 19.1 Å². The molecule has 33 heavy (non-hydrogen) atoms. The first kappa shape index (κ1) is 21.5. The molecule has 7 fully saturated rings. The average Bonchev–Trinajstić information content (AvgIpc) is 3.37. The molecular formula is C30H49N3. The summed E-state index contributed by atoms with van der Waals surface area (Å²) in [5, 5.41) is 0. The van der Waals surface area contributed by atoms with Crippen LogP contribution in [0.15, 0.2) is 4.99 Å². The van der Waals surface area contributed by atoms with E-state index >= 15 is 0 Å². The van der Waals surface area contributed by atoms with Gasteiger partial charge in [0.15, 0.2) is 5.96 Å². The van der Waals surface area contributed by atoms with Crippen molar-refractivity contribution < 1.29 is 0 Å². The Kier molecular flexibility index (Phi) is 5.70. The van der Waals surface area contributed by atoms with Crippen molar-refractivity contribution in [2.45, 2.75) is 128 Å². The van der Waals surface area contributed by atoms with Crippen molar-refractivity contribution in [1.29, 1.82) is 0 Å². The number of fused-ring (bicyclic) bond motifs is 1. The van der Waals surface area contributed by atoms with E-state index in [4.69, 9.17) is 4.99 Å². The van der Waals surface area contributed by atoms with E-state index in [1.54, 1.807) is 38.5 Å². The highest BCUT2D eigenvalue weighted by Crippen LogP contribution is 2.61. The number of hydrogen-bond acceptors (Lipinski definition) is 3. The first-order valence-corrected chi connectivity index (χ1v) is 15.3. The van der Waals surface area contributed by atoms with Crippen LogP contribution >= 0.6 is 0 Å². The van der Waals surface area contributed by atoms with Gasteiger partial charge in [-0.1, -0.05) is 51.4 Å². The molecule has 4 bridgehead atoms. The molecular weight excluding hydrogens is 402 g/mol. The van der Waals surface area contributed by atoms with E-state index in [-0.39, 0.29) is 0 Å². The monoisotopic (exact) mass is 451 g/mol. The fourth-order valence-electron chi connectivity index (χ4n) is 10.6. The summed E-state index contributed by atoms with van der Waals surface area (Å²) < 4.78 is 0. The Morgan fingerprint density at radius 2 is 1.42 bits per heavy atom. The van der Waals surface area contributed by atoms with Crippen LogP contribution in [-0.4, -0.2) is 47.5 Å². The summed E-state index contributed by atoms with van der Waals surface area (Å²) in [6, 6.07) is 1.49. The Morgan fingerprint density at radius 1 is 0.788 bits per heavy atom. The lowest BCUT2D eigenvalue weighted by molar-refractivity contribution is -0.0597. The van der Waals surface area contributed by atoms with Gasteiger partial charge in [-0.25, -0.2) is 0 Å². The molecule has 0 aromatic heterocycles. The van der Waals surface area contributed by atoms with Crippen molar-refractivity contribution >= 4 is 5.96 Å². The quantitative estimate of drug-likeness (QED) is 0.439. The van der Waals surface area contributed by atoms with Crippen LogP contribution in [0.1, 0.15) is 116 Å². The second-order valence-electron chi connectivity index (χ2n) is 14.0. The molecule has 0 N–H and O–H groups in total. The zero-order chi connectivity index (χ0) is 21.8. The van der Waals surface area contributed by atoms with Gasteiger partial charge in [-0.05, 0) is 99.2 Å². The molecule has 6 aliphatic carbocycles. The Morgan fingerprint density at radius 3 is 2.09 bits per heavy atom. The van der Waals surface area contributed by atoms with E-state index in [2.05, 4.69) is 9.80 Å². The normalized spacial score (nSPS) is 43.4. The molecule has 2 atom stereocenters. The third-order valence-corrected chi connectivity index (χ3v) is 11.8. The Balaban J connectivity index is 1.07. The van der Waals surface area contributed by atoms with E-state index in [0.29, 0.717) is 5.41 Å². The van der Waals surface area contributed by atoms with Crippen LogP contribution in [0.5, 0.6) is 0 Å². The Bertz CT molecular complexity index is 696. The number of guanidine groups is 1. The SMILES string of the molecule is C1CCC(C[C@H]2CN3C(=NC[C@H]3C3CCCCC3)N2CCC23CC4CC(CC(C4)C2)C3)CC1. The van der Waals surface area contributed by atoms with Crippen LogP contribution < -0.4 is 0 Å². The summed E-state index contributed by atoms with van der Waals surface area (Å²) in [6.07, 6.45) is 27.2. The summed E-state index contributed by atoms with van der Waals surface area (Å²) in [7, 11) is 0. The summed E-state index contributed by atoms with van der Waals surface area (Å²) >= 11 is 0. The van der Waals surface area contributed by atoms with Crippen LogP contribution in [-0.2, 0) is 0 Å². The van der Waals surface area contributed by atoms with Gasteiger partial charge in [-0.15, -0.1) is 0 Å². The van der Waals surface area contributed by atoms with Gasteiger partial charge in [0.05, 0.1) is 12.6 Å². The molecule has 6 saturated carbocycles. The molecule has 0 radical (unpaired) electrons. The standard InChI is InChI=1S/C30H49N3/c1-3-7-22(8-4-1)16-27-21-33-28(26-9-5-2-6-10-26)20-31-29(33)32(27)12-11-30-17-23-13-24(18-30)15-25(14-23)19-30/h22-28H,1-21H2/t23?,24?,25?,27-,28-,30?/m0/s1. The van der Waals surface area contributed by atoms with Gasteiger partial charge in [0.1, 0.15) is 0 Å². The highest BCUT2D eigenvalue weighted by Gasteiger charge is 2.52. The molecule has 2 heterocycles. The van der Waals surface area contributed by atoms with Gasteiger partial charge in [-0.2, -0.15) is 0 Å². The number of aliphatic imine (C=N–C) groups is 1. The van der Waals surface area contributed by atoms with Gasteiger partial charge in [0.2, 0.25) is 0 Å². The second-order valence-corrected chi connectivity index (χ2v) is 14.0. The van der Waals surface area contributed by atoms with Gasteiger partial charge >= 0.3 is 0 Å². The minimum atomic E-state index is 0.708. The molecule has 8 rings (SSSR count). The van der Waals surface area contributed by atoms with Crippen LogP contribution in [0.2, 0.25) is 0 Å². The Hall–Kier alpha value is -0.730. The minimum Gasteiger partial charge on any atom is -0.338 e. The average molecular weight is 452 g/mol. The van der Waals surface area contributed by atoms with Gasteiger partial charge < -0.3 is 9.80 Å². The van der Waals surface area contributed by atoms with Crippen molar-refractivity contribution in [3.8, 4) is 0 Å². The summed E-state index contributed by atoms with van der Waals surface area (Å²) in [5.41, 5.74) is 0.708. The largest absolute Gasteiger partial charge is 0.338 e. The van der Waals surface area contributed by atoms with E-state index in [1.165, 1.54) is 96.1 Å². The number of nitrogens with zero attached hydrogens (tertiary/aromatic N) is 3. The smallest absolute Gasteiger partial charge is 0.197 e. The van der Waals surface area contributed by atoms with E-state index < -0.39 is 0 Å². The lowest BCUT2D eigenvalue weighted by Crippen LogP contribution is -2.48. The molecule has 3 nitrogen and oxygen atoms in total. The van der Waals surface area contributed by atoms with Crippen molar-refractivity contribution in [3.63, 3.8) is 0 Å². The summed E-state index contributed by atoms with van der Waals surface area (Å²) in [6.45, 7) is 3.72. The molecule has 0 aromatic rings. The van der Waals surface area contributed by atoms with Crippen LogP contribution in [0.25, 0.3) is 0 Å². The lowest BCUT2D eigenvalue weighted by Gasteiger charge is -2.57. The first-order valence-electron chi connectivity index (χ1n) is 15.3. The third-order valence-electron chi connectivity index (χ3n) is 11.8. The fraction of sp³-hybridized carbons (Fsp3) is 0.967. The number of rotatable bonds is 6. The molecule has 184 valence electrons.